The molecule has 0 heterocycles. The third-order valence-corrected chi connectivity index (χ3v) is 5.07. The van der Waals surface area contributed by atoms with Gasteiger partial charge in [0, 0.05) is 5.54 Å². The van der Waals surface area contributed by atoms with Crippen LogP contribution in [0.25, 0.3) is 0 Å². The molecular formula is C17H18F3NO2S. The van der Waals surface area contributed by atoms with Gasteiger partial charge in [-0.05, 0) is 44.0 Å². The normalized spacial score (nSPS) is 13.0. The molecule has 0 bridgehead atoms. The number of nitrogens with one attached hydrogen (secondary N) is 1. The molecule has 2 rings (SSSR count). The van der Waals surface area contributed by atoms with Crippen molar-refractivity contribution in [2.45, 2.75) is 36.9 Å². The molecule has 3 nitrogen and oxygen atoms in total. The van der Waals surface area contributed by atoms with E-state index in [4.69, 9.17) is 0 Å². The van der Waals surface area contributed by atoms with Gasteiger partial charge in [0.1, 0.15) is 0 Å². The second-order valence-corrected chi connectivity index (χ2v) is 7.86. The molecule has 0 amide bonds. The van der Waals surface area contributed by atoms with Gasteiger partial charge in [0.25, 0.3) is 0 Å². The number of sulfonamides is 1. The van der Waals surface area contributed by atoms with Crippen LogP contribution in [0.4, 0.5) is 13.2 Å². The average Bonchev–Trinajstić information content (AvgIpc) is 2.46. The van der Waals surface area contributed by atoms with Crippen LogP contribution in [0.1, 0.15) is 25.0 Å². The van der Waals surface area contributed by atoms with E-state index < -0.39 is 32.2 Å². The van der Waals surface area contributed by atoms with Gasteiger partial charge in [-0.1, -0.05) is 36.4 Å². The Morgan fingerprint density at radius 3 is 2.17 bits per heavy atom. The molecule has 0 aliphatic carbocycles. The van der Waals surface area contributed by atoms with Crippen molar-refractivity contribution in [3.8, 4) is 0 Å². The van der Waals surface area contributed by atoms with Gasteiger partial charge in [-0.2, -0.15) is 13.2 Å². The van der Waals surface area contributed by atoms with Crippen LogP contribution in [-0.2, 0) is 22.6 Å². The quantitative estimate of drug-likeness (QED) is 0.879. The topological polar surface area (TPSA) is 46.2 Å². The first-order valence-electron chi connectivity index (χ1n) is 7.25. The summed E-state index contributed by atoms with van der Waals surface area (Å²) in [5.41, 5.74) is -0.922. The lowest BCUT2D eigenvalue weighted by molar-refractivity contribution is -0.137. The summed E-state index contributed by atoms with van der Waals surface area (Å²) >= 11 is 0. The summed E-state index contributed by atoms with van der Waals surface area (Å²) in [5.74, 6) is 0. The van der Waals surface area contributed by atoms with E-state index in [0.29, 0.717) is 12.5 Å². The van der Waals surface area contributed by atoms with Gasteiger partial charge in [-0.3, -0.25) is 0 Å². The minimum absolute atomic E-state index is 0.404. The van der Waals surface area contributed by atoms with Crippen molar-refractivity contribution in [2.75, 3.05) is 0 Å². The summed E-state index contributed by atoms with van der Waals surface area (Å²) in [6.07, 6.45) is -4.18. The highest BCUT2D eigenvalue weighted by Crippen LogP contribution is 2.30. The van der Waals surface area contributed by atoms with Gasteiger partial charge in [-0.25, -0.2) is 13.1 Å². The average molecular weight is 357 g/mol. The maximum atomic E-state index is 12.8. The van der Waals surface area contributed by atoms with Crippen LogP contribution >= 0.6 is 0 Å². The summed E-state index contributed by atoms with van der Waals surface area (Å²) in [5, 5.41) is 0. The SMILES string of the molecule is CC(C)(Cc1ccccc1)NS(=O)(=O)c1cccc(C(F)(F)F)c1. The predicted octanol–water partition coefficient (Wildman–Crippen LogP) is 4.01. The highest BCUT2D eigenvalue weighted by molar-refractivity contribution is 7.89. The van der Waals surface area contributed by atoms with Gasteiger partial charge in [-0.15, -0.1) is 0 Å². The van der Waals surface area contributed by atoms with Gasteiger partial charge in [0.2, 0.25) is 10.0 Å². The van der Waals surface area contributed by atoms with Crippen LogP contribution in [0.5, 0.6) is 0 Å². The van der Waals surface area contributed by atoms with Crippen LogP contribution in [0.3, 0.4) is 0 Å². The van der Waals surface area contributed by atoms with Crippen molar-refractivity contribution < 1.29 is 21.6 Å². The third kappa shape index (κ3) is 4.82. The molecule has 1 N–H and O–H groups in total. The molecule has 0 saturated heterocycles. The molecule has 0 aromatic heterocycles. The summed E-state index contributed by atoms with van der Waals surface area (Å²) in [4.78, 5) is -0.404. The van der Waals surface area contributed by atoms with E-state index in [2.05, 4.69) is 4.72 Å². The Labute approximate surface area is 139 Å². The van der Waals surface area contributed by atoms with Crippen LogP contribution in [0.15, 0.2) is 59.5 Å². The Balaban J connectivity index is 2.24. The Morgan fingerprint density at radius 1 is 0.958 bits per heavy atom. The third-order valence-electron chi connectivity index (χ3n) is 3.37. The second-order valence-electron chi connectivity index (χ2n) is 6.18. The molecule has 0 fully saturated rings. The van der Waals surface area contributed by atoms with E-state index in [9.17, 15) is 21.6 Å². The molecule has 0 aliphatic rings. The number of rotatable bonds is 5. The van der Waals surface area contributed by atoms with Gasteiger partial charge < -0.3 is 0 Å². The zero-order valence-corrected chi connectivity index (χ0v) is 14.1. The van der Waals surface area contributed by atoms with E-state index in [1.54, 1.807) is 13.8 Å². The monoisotopic (exact) mass is 357 g/mol. The largest absolute Gasteiger partial charge is 0.416 e. The Bertz CT molecular complexity index is 800. The highest BCUT2D eigenvalue weighted by atomic mass is 32.2. The minimum atomic E-state index is -4.59. The Hall–Kier alpha value is -1.86. The maximum Gasteiger partial charge on any atom is 0.416 e. The van der Waals surface area contributed by atoms with Crippen molar-refractivity contribution >= 4 is 10.0 Å². The number of halogens is 3. The molecule has 0 aliphatic heterocycles. The smallest absolute Gasteiger partial charge is 0.207 e. The summed E-state index contributed by atoms with van der Waals surface area (Å²) in [6, 6.07) is 13.0. The molecule has 0 radical (unpaired) electrons. The van der Waals surface area contributed by atoms with Crippen molar-refractivity contribution in [1.29, 1.82) is 0 Å². The number of alkyl halides is 3. The fraction of sp³-hybridized carbons (Fsp3) is 0.294. The summed E-state index contributed by atoms with van der Waals surface area (Å²) < 4.78 is 65.7. The molecule has 0 unspecified atom stereocenters. The summed E-state index contributed by atoms with van der Waals surface area (Å²) in [7, 11) is -4.07. The first-order chi connectivity index (χ1) is 11.0. The molecule has 0 spiro atoms. The number of benzene rings is 2. The van der Waals surface area contributed by atoms with E-state index in [-0.39, 0.29) is 0 Å². The zero-order valence-electron chi connectivity index (χ0n) is 13.3. The van der Waals surface area contributed by atoms with Crippen molar-refractivity contribution in [1.82, 2.24) is 4.72 Å². The lowest BCUT2D eigenvalue weighted by Crippen LogP contribution is -2.45. The van der Waals surface area contributed by atoms with Crippen LogP contribution in [-0.4, -0.2) is 14.0 Å². The first-order valence-corrected chi connectivity index (χ1v) is 8.73. The van der Waals surface area contributed by atoms with Crippen LogP contribution < -0.4 is 4.72 Å². The fourth-order valence-electron chi connectivity index (χ4n) is 2.40. The Kier molecular flexibility index (Phi) is 5.05. The van der Waals surface area contributed by atoms with Crippen LogP contribution in [0.2, 0.25) is 0 Å². The zero-order chi connectivity index (χ0) is 18.0. The lowest BCUT2D eigenvalue weighted by Gasteiger charge is -2.26. The predicted molar refractivity (Wildman–Crippen MR) is 86.0 cm³/mol. The van der Waals surface area contributed by atoms with E-state index in [0.717, 1.165) is 23.8 Å². The molecule has 2 aromatic carbocycles. The van der Waals surface area contributed by atoms with Crippen molar-refractivity contribution in [3.05, 3.63) is 65.7 Å². The molecule has 7 heteroatoms. The lowest BCUT2D eigenvalue weighted by atomic mass is 9.96. The molecule has 130 valence electrons. The van der Waals surface area contributed by atoms with Crippen molar-refractivity contribution in [2.24, 2.45) is 0 Å². The van der Waals surface area contributed by atoms with E-state index in [1.807, 2.05) is 30.3 Å². The molecule has 2 aromatic rings. The standard InChI is InChI=1S/C17H18F3NO2S/c1-16(2,12-13-7-4-3-5-8-13)21-24(22,23)15-10-6-9-14(11-15)17(18,19)20/h3-11,21H,12H2,1-2H3. The number of hydrogen-bond acceptors (Lipinski definition) is 2. The fourth-order valence-corrected chi connectivity index (χ4v) is 3.86. The molecule has 0 saturated carbocycles. The highest BCUT2D eigenvalue weighted by Gasteiger charge is 2.33. The maximum absolute atomic E-state index is 12.8. The van der Waals surface area contributed by atoms with E-state index >= 15 is 0 Å². The molecular weight excluding hydrogens is 339 g/mol. The van der Waals surface area contributed by atoms with Gasteiger partial charge in [0.15, 0.2) is 0 Å². The molecule has 0 atom stereocenters. The first kappa shape index (κ1) is 18.5. The second kappa shape index (κ2) is 6.57. The van der Waals surface area contributed by atoms with Gasteiger partial charge >= 0.3 is 6.18 Å². The van der Waals surface area contributed by atoms with Gasteiger partial charge in [0.05, 0.1) is 10.5 Å². The Morgan fingerprint density at radius 2 is 1.58 bits per heavy atom. The van der Waals surface area contributed by atoms with E-state index in [1.165, 1.54) is 0 Å². The number of hydrogen-bond donors (Lipinski definition) is 1. The van der Waals surface area contributed by atoms with Crippen molar-refractivity contribution in [3.63, 3.8) is 0 Å². The van der Waals surface area contributed by atoms with Crippen LogP contribution in [0, 0.1) is 0 Å². The molecule has 24 heavy (non-hydrogen) atoms. The summed E-state index contributed by atoms with van der Waals surface area (Å²) in [6.45, 7) is 3.37. The minimum Gasteiger partial charge on any atom is -0.207 e.